The molecule has 0 N–H and O–H groups in total. The summed E-state index contributed by atoms with van der Waals surface area (Å²) in [6, 6.07) is 8.26. The summed E-state index contributed by atoms with van der Waals surface area (Å²) in [5.74, 6) is 1.75. The first-order valence-electron chi connectivity index (χ1n) is 5.56. The second-order valence-electron chi connectivity index (χ2n) is 4.13. The second-order valence-corrected chi connectivity index (χ2v) is 4.13. The number of aromatic nitrogens is 1. The van der Waals surface area contributed by atoms with Crippen molar-refractivity contribution in [2.45, 2.75) is 19.8 Å². The monoisotopic (exact) mass is 211 g/mol. The molecule has 2 heteroatoms. The van der Waals surface area contributed by atoms with Gasteiger partial charge in [0.25, 0.3) is 0 Å². The van der Waals surface area contributed by atoms with E-state index in [4.69, 9.17) is 4.42 Å². The van der Waals surface area contributed by atoms with E-state index in [0.717, 1.165) is 35.7 Å². The number of aryl methyl sites for hydroxylation is 2. The van der Waals surface area contributed by atoms with Gasteiger partial charge < -0.3 is 4.42 Å². The lowest BCUT2D eigenvalue weighted by atomic mass is 10.1. The number of hydrogen-bond donors (Lipinski definition) is 0. The van der Waals surface area contributed by atoms with Crippen LogP contribution in [0.1, 0.15) is 23.4 Å². The minimum atomic E-state index is 0.733. The molecule has 1 aromatic carbocycles. The fraction of sp³-hybridized carbons (Fsp3) is 0.214. The van der Waals surface area contributed by atoms with Gasteiger partial charge in [0.05, 0.1) is 0 Å². The molecule has 0 saturated carbocycles. The molecule has 0 radical (unpaired) electrons. The van der Waals surface area contributed by atoms with E-state index in [9.17, 15) is 0 Å². The van der Waals surface area contributed by atoms with Crippen LogP contribution >= 0.6 is 0 Å². The summed E-state index contributed by atoms with van der Waals surface area (Å²) in [5, 5.41) is 0. The molecule has 0 saturated heterocycles. The highest BCUT2D eigenvalue weighted by Gasteiger charge is 2.14. The van der Waals surface area contributed by atoms with Gasteiger partial charge in [-0.2, -0.15) is 0 Å². The molecule has 0 fully saturated rings. The summed E-state index contributed by atoms with van der Waals surface area (Å²) in [5.41, 5.74) is 3.29. The van der Waals surface area contributed by atoms with Gasteiger partial charge >= 0.3 is 0 Å². The van der Waals surface area contributed by atoms with Gasteiger partial charge in [0, 0.05) is 12.0 Å². The van der Waals surface area contributed by atoms with Crippen LogP contribution in [0.2, 0.25) is 0 Å². The molecule has 80 valence electrons. The van der Waals surface area contributed by atoms with E-state index in [0.29, 0.717) is 0 Å². The normalized spacial score (nSPS) is 13.8. The fourth-order valence-electron chi connectivity index (χ4n) is 1.90. The van der Waals surface area contributed by atoms with Gasteiger partial charge in [0.15, 0.2) is 0 Å². The third-order valence-corrected chi connectivity index (χ3v) is 2.84. The van der Waals surface area contributed by atoms with Crippen molar-refractivity contribution in [2.75, 3.05) is 0 Å². The number of nitrogens with zero attached hydrogens (tertiary/aromatic N) is 1. The smallest absolute Gasteiger partial charge is 0.226 e. The van der Waals surface area contributed by atoms with Crippen LogP contribution in [0.15, 0.2) is 34.8 Å². The summed E-state index contributed by atoms with van der Waals surface area (Å²) in [6.07, 6.45) is 6.20. The van der Waals surface area contributed by atoms with Gasteiger partial charge in [-0.1, -0.05) is 23.8 Å². The largest absolute Gasteiger partial charge is 0.441 e. The second kappa shape index (κ2) is 3.63. The average Bonchev–Trinajstić information content (AvgIpc) is 2.73. The van der Waals surface area contributed by atoms with E-state index in [2.05, 4.69) is 42.2 Å². The van der Waals surface area contributed by atoms with Crippen molar-refractivity contribution < 1.29 is 4.42 Å². The molecule has 1 aliphatic carbocycles. The van der Waals surface area contributed by atoms with E-state index < -0.39 is 0 Å². The van der Waals surface area contributed by atoms with E-state index in [-0.39, 0.29) is 0 Å². The molecule has 1 heterocycles. The molecule has 3 rings (SSSR count). The molecule has 1 aliphatic rings. The number of fused-ring (bicyclic) bond motifs is 1. The quantitative estimate of drug-likeness (QED) is 0.720. The number of allylic oxidation sites excluding steroid dienone is 1. The third kappa shape index (κ3) is 1.56. The standard InChI is InChI=1S/C14H13NO/c1-10-6-8-11(9-7-10)14-15-12-4-2-3-5-13(12)16-14/h2,4,6-9H,3,5H2,1H3. The lowest BCUT2D eigenvalue weighted by Gasteiger charge is -1.98. The van der Waals surface area contributed by atoms with Gasteiger partial charge in [-0.25, -0.2) is 4.98 Å². The Bertz CT molecular complexity index is 534. The number of rotatable bonds is 1. The lowest BCUT2D eigenvalue weighted by Crippen LogP contribution is -1.88. The molecule has 0 bridgehead atoms. The molecule has 16 heavy (non-hydrogen) atoms. The average molecular weight is 211 g/mol. The molecule has 0 unspecified atom stereocenters. The van der Waals surface area contributed by atoms with Crippen LogP contribution in [-0.2, 0) is 6.42 Å². The Balaban J connectivity index is 2.04. The zero-order valence-electron chi connectivity index (χ0n) is 9.23. The predicted octanol–water partition coefficient (Wildman–Crippen LogP) is 3.61. The fourth-order valence-corrected chi connectivity index (χ4v) is 1.90. The molecule has 1 aromatic heterocycles. The minimum absolute atomic E-state index is 0.733. The zero-order chi connectivity index (χ0) is 11.0. The van der Waals surface area contributed by atoms with Gasteiger partial charge in [-0.05, 0) is 31.6 Å². The maximum atomic E-state index is 5.77. The topological polar surface area (TPSA) is 26.0 Å². The Kier molecular flexibility index (Phi) is 2.13. The van der Waals surface area contributed by atoms with Crippen molar-refractivity contribution in [2.24, 2.45) is 0 Å². The van der Waals surface area contributed by atoms with Crippen LogP contribution in [0.3, 0.4) is 0 Å². The molecular formula is C14H13NO. The predicted molar refractivity (Wildman–Crippen MR) is 64.0 cm³/mol. The van der Waals surface area contributed by atoms with Gasteiger partial charge in [-0.15, -0.1) is 0 Å². The molecular weight excluding hydrogens is 198 g/mol. The highest BCUT2D eigenvalue weighted by Crippen LogP contribution is 2.26. The Morgan fingerprint density at radius 2 is 2.00 bits per heavy atom. The summed E-state index contributed by atoms with van der Waals surface area (Å²) >= 11 is 0. The van der Waals surface area contributed by atoms with Crippen LogP contribution in [0, 0.1) is 6.92 Å². The first-order valence-corrected chi connectivity index (χ1v) is 5.56. The number of benzene rings is 1. The lowest BCUT2D eigenvalue weighted by molar-refractivity contribution is 0.516. The first-order chi connectivity index (χ1) is 7.83. The van der Waals surface area contributed by atoms with Gasteiger partial charge in [0.2, 0.25) is 5.89 Å². The number of oxazole rings is 1. The third-order valence-electron chi connectivity index (χ3n) is 2.84. The Morgan fingerprint density at radius 3 is 2.75 bits per heavy atom. The SMILES string of the molecule is Cc1ccc(-c2nc3c(o2)CCC=C3)cc1. The summed E-state index contributed by atoms with van der Waals surface area (Å²) in [6.45, 7) is 2.08. The maximum absolute atomic E-state index is 5.77. The van der Waals surface area contributed by atoms with Crippen LogP contribution in [0.25, 0.3) is 17.5 Å². The molecule has 2 nitrogen and oxygen atoms in total. The summed E-state index contributed by atoms with van der Waals surface area (Å²) in [4.78, 5) is 4.50. The van der Waals surface area contributed by atoms with Crippen molar-refractivity contribution in [1.82, 2.24) is 4.98 Å². The summed E-state index contributed by atoms with van der Waals surface area (Å²) in [7, 11) is 0. The molecule has 0 amide bonds. The van der Waals surface area contributed by atoms with Crippen molar-refractivity contribution in [1.29, 1.82) is 0 Å². The maximum Gasteiger partial charge on any atom is 0.226 e. The molecule has 0 spiro atoms. The highest BCUT2D eigenvalue weighted by molar-refractivity contribution is 5.58. The summed E-state index contributed by atoms with van der Waals surface area (Å²) < 4.78 is 5.77. The van der Waals surface area contributed by atoms with E-state index in [1.807, 2.05) is 6.08 Å². The Labute approximate surface area is 94.6 Å². The van der Waals surface area contributed by atoms with E-state index >= 15 is 0 Å². The van der Waals surface area contributed by atoms with Gasteiger partial charge in [-0.3, -0.25) is 0 Å². The van der Waals surface area contributed by atoms with Gasteiger partial charge in [0.1, 0.15) is 11.5 Å². The van der Waals surface area contributed by atoms with Crippen LogP contribution in [0.5, 0.6) is 0 Å². The van der Waals surface area contributed by atoms with E-state index in [1.54, 1.807) is 0 Å². The van der Waals surface area contributed by atoms with Crippen LogP contribution in [-0.4, -0.2) is 4.98 Å². The van der Waals surface area contributed by atoms with Crippen molar-refractivity contribution in [3.63, 3.8) is 0 Å². The zero-order valence-corrected chi connectivity index (χ0v) is 9.23. The molecule has 0 aliphatic heterocycles. The Morgan fingerprint density at radius 1 is 1.19 bits per heavy atom. The van der Waals surface area contributed by atoms with Crippen LogP contribution < -0.4 is 0 Å². The van der Waals surface area contributed by atoms with Crippen LogP contribution in [0.4, 0.5) is 0 Å². The van der Waals surface area contributed by atoms with E-state index in [1.165, 1.54) is 5.56 Å². The number of hydrogen-bond acceptors (Lipinski definition) is 2. The molecule has 0 atom stereocenters. The van der Waals surface area contributed by atoms with Crippen molar-refractivity contribution in [3.8, 4) is 11.5 Å². The minimum Gasteiger partial charge on any atom is -0.441 e. The molecule has 2 aromatic rings. The Hall–Kier alpha value is -1.83. The first kappa shape index (κ1) is 9.40. The highest BCUT2D eigenvalue weighted by atomic mass is 16.4. The van der Waals surface area contributed by atoms with Crippen molar-refractivity contribution in [3.05, 3.63) is 47.4 Å². The van der Waals surface area contributed by atoms with Crippen molar-refractivity contribution >= 4 is 6.08 Å².